The van der Waals surface area contributed by atoms with Gasteiger partial charge in [-0.3, -0.25) is 10.1 Å². The molecule has 172 valence electrons. The highest BCUT2D eigenvalue weighted by atomic mass is 79.9. The molecule has 8 nitrogen and oxygen atoms in total. The van der Waals surface area contributed by atoms with E-state index in [0.29, 0.717) is 33.2 Å². The number of amidine groups is 1. The summed E-state index contributed by atoms with van der Waals surface area (Å²) >= 11 is 10.7. The zero-order chi connectivity index (χ0) is 23.8. The summed E-state index contributed by atoms with van der Waals surface area (Å²) in [6.07, 6.45) is 2.60. The van der Waals surface area contributed by atoms with E-state index >= 15 is 0 Å². The van der Waals surface area contributed by atoms with Crippen molar-refractivity contribution in [3.63, 3.8) is 0 Å². The number of thioether (sulfide) groups is 1. The second-order valence-corrected chi connectivity index (χ2v) is 8.67. The van der Waals surface area contributed by atoms with Crippen LogP contribution in [-0.4, -0.2) is 37.0 Å². The van der Waals surface area contributed by atoms with Gasteiger partial charge in [0.15, 0.2) is 16.7 Å². The predicted molar refractivity (Wildman–Crippen MR) is 132 cm³/mol. The van der Waals surface area contributed by atoms with Crippen LogP contribution in [-0.2, 0) is 20.9 Å². The lowest BCUT2D eigenvalue weighted by Crippen LogP contribution is -2.19. The molecule has 1 N–H and O–H groups in total. The molecular formula is C22H19BrClN3O5S. The fraction of sp³-hybridized carbons (Fsp3) is 0.182. The predicted octanol–water partition coefficient (Wildman–Crippen LogP) is 4.69. The molecule has 0 radical (unpaired) electrons. The third-order valence-corrected chi connectivity index (χ3v) is 5.98. The average molecular weight is 553 g/mol. The van der Waals surface area contributed by atoms with E-state index in [9.17, 15) is 9.59 Å². The number of amides is 1. The summed E-state index contributed by atoms with van der Waals surface area (Å²) in [7, 11) is 1.23. The van der Waals surface area contributed by atoms with Crippen LogP contribution in [0.4, 0.5) is 0 Å². The smallest absolute Gasteiger partial charge is 0.331 e. The molecule has 1 aliphatic rings. The second-order valence-electron chi connectivity index (χ2n) is 6.38. The molecule has 3 rings (SSSR count). The topological polar surface area (TPSA) is 98.6 Å². The van der Waals surface area contributed by atoms with Crippen LogP contribution in [0.1, 0.15) is 18.1 Å². The molecule has 0 aromatic heterocycles. The number of benzene rings is 2. The van der Waals surface area contributed by atoms with Crippen molar-refractivity contribution < 1.29 is 23.8 Å². The Balaban J connectivity index is 1.75. The minimum absolute atomic E-state index is 0.178. The Kier molecular flexibility index (Phi) is 8.93. The van der Waals surface area contributed by atoms with Crippen molar-refractivity contribution in [1.29, 1.82) is 0 Å². The van der Waals surface area contributed by atoms with Gasteiger partial charge in [-0.25, -0.2) is 4.79 Å². The number of nitrogens with zero attached hydrogens (tertiary/aromatic N) is 2. The van der Waals surface area contributed by atoms with Crippen LogP contribution in [0.3, 0.4) is 0 Å². The van der Waals surface area contributed by atoms with Gasteiger partial charge in [0, 0.05) is 16.7 Å². The molecule has 2 aromatic rings. The van der Waals surface area contributed by atoms with E-state index in [4.69, 9.17) is 21.1 Å². The van der Waals surface area contributed by atoms with Gasteiger partial charge in [0.2, 0.25) is 0 Å². The van der Waals surface area contributed by atoms with Crippen molar-refractivity contribution in [3.05, 3.63) is 68.0 Å². The SMILES string of the molecule is CCOc1cc(C=N/N=C2/NC(=O)/C(=C\C(=O)OC)S2)cc(Br)c1OCc1ccccc1Cl. The lowest BCUT2D eigenvalue weighted by Gasteiger charge is -2.15. The van der Waals surface area contributed by atoms with Gasteiger partial charge >= 0.3 is 5.97 Å². The van der Waals surface area contributed by atoms with Crippen molar-refractivity contribution >= 4 is 62.6 Å². The fourth-order valence-corrected chi connectivity index (χ4v) is 4.12. The second kappa shape index (κ2) is 11.9. The molecule has 0 spiro atoms. The number of hydrogen-bond acceptors (Lipinski definition) is 8. The van der Waals surface area contributed by atoms with Gasteiger partial charge < -0.3 is 14.2 Å². The standard InChI is InChI=1S/C22H19BrClN3O5S/c1-3-31-17-9-13(8-15(23)20(17)32-12-14-6-4-5-7-16(14)24)11-25-27-22-26-21(29)18(33-22)10-19(28)30-2/h4-11H,3,12H2,1-2H3,(H,26,27,29)/b18-10+,25-11?. The Labute approximate surface area is 208 Å². The third-order valence-electron chi connectivity index (χ3n) is 4.12. The lowest BCUT2D eigenvalue weighted by atomic mass is 10.2. The third kappa shape index (κ3) is 6.83. The van der Waals surface area contributed by atoms with E-state index in [0.717, 1.165) is 23.4 Å². The number of nitrogens with one attached hydrogen (secondary N) is 1. The highest BCUT2D eigenvalue weighted by Crippen LogP contribution is 2.37. The van der Waals surface area contributed by atoms with Crippen LogP contribution >= 0.6 is 39.3 Å². The van der Waals surface area contributed by atoms with E-state index in [2.05, 4.69) is 36.2 Å². The number of esters is 1. The first-order chi connectivity index (χ1) is 15.9. The van der Waals surface area contributed by atoms with Crippen molar-refractivity contribution in [1.82, 2.24) is 5.32 Å². The zero-order valence-electron chi connectivity index (χ0n) is 17.6. The van der Waals surface area contributed by atoms with Gasteiger partial charge in [-0.1, -0.05) is 29.8 Å². The molecule has 11 heteroatoms. The maximum absolute atomic E-state index is 11.9. The summed E-state index contributed by atoms with van der Waals surface area (Å²) in [6, 6.07) is 11.0. The number of methoxy groups -OCH3 is 1. The Morgan fingerprint density at radius 2 is 2.06 bits per heavy atom. The Hall–Kier alpha value is -2.82. The first kappa shape index (κ1) is 24.8. The zero-order valence-corrected chi connectivity index (χ0v) is 20.8. The molecule has 2 aromatic carbocycles. The van der Waals surface area contributed by atoms with Gasteiger partial charge in [-0.2, -0.15) is 5.10 Å². The first-order valence-corrected chi connectivity index (χ1v) is 11.6. The van der Waals surface area contributed by atoms with E-state index in [1.54, 1.807) is 18.2 Å². The van der Waals surface area contributed by atoms with Crippen molar-refractivity contribution in [2.24, 2.45) is 10.2 Å². The van der Waals surface area contributed by atoms with E-state index in [1.807, 2.05) is 25.1 Å². The van der Waals surface area contributed by atoms with Gasteiger partial charge in [0.05, 0.1) is 29.3 Å². The van der Waals surface area contributed by atoms with Gasteiger partial charge in [0.1, 0.15) is 6.61 Å². The van der Waals surface area contributed by atoms with Crippen LogP contribution in [0, 0.1) is 0 Å². The van der Waals surface area contributed by atoms with Crippen molar-refractivity contribution in [2.75, 3.05) is 13.7 Å². The molecule has 1 fully saturated rings. The Morgan fingerprint density at radius 1 is 1.27 bits per heavy atom. The minimum atomic E-state index is -0.623. The molecule has 0 aliphatic carbocycles. The van der Waals surface area contributed by atoms with Crippen molar-refractivity contribution in [2.45, 2.75) is 13.5 Å². The summed E-state index contributed by atoms with van der Waals surface area (Å²) in [6.45, 7) is 2.59. The number of halogens is 2. The molecule has 0 bridgehead atoms. The molecule has 1 aliphatic heterocycles. The lowest BCUT2D eigenvalue weighted by molar-refractivity contribution is -0.135. The molecule has 0 atom stereocenters. The molecule has 0 saturated carbocycles. The summed E-state index contributed by atoms with van der Waals surface area (Å²) in [5.74, 6) is -0.000366. The quantitative estimate of drug-likeness (QED) is 0.221. The molecule has 1 heterocycles. The van der Waals surface area contributed by atoms with E-state index in [1.165, 1.54) is 13.3 Å². The molecule has 0 unspecified atom stereocenters. The van der Waals surface area contributed by atoms with Gasteiger partial charge in [0.25, 0.3) is 5.91 Å². The van der Waals surface area contributed by atoms with Gasteiger partial charge in [-0.15, -0.1) is 5.10 Å². The molecule has 33 heavy (non-hydrogen) atoms. The average Bonchev–Trinajstić information content (AvgIpc) is 3.13. The summed E-state index contributed by atoms with van der Waals surface area (Å²) < 4.78 is 16.9. The van der Waals surface area contributed by atoms with Crippen LogP contribution in [0.25, 0.3) is 0 Å². The number of carbonyl (C=O) groups is 2. The normalized spacial score (nSPS) is 15.8. The van der Waals surface area contributed by atoms with Crippen LogP contribution in [0.15, 0.2) is 62.1 Å². The number of ether oxygens (including phenoxy) is 3. The van der Waals surface area contributed by atoms with Crippen LogP contribution in [0.2, 0.25) is 5.02 Å². The summed E-state index contributed by atoms with van der Waals surface area (Å²) in [5, 5.41) is 11.4. The van der Waals surface area contributed by atoms with Crippen LogP contribution < -0.4 is 14.8 Å². The highest BCUT2D eigenvalue weighted by molar-refractivity contribution is 9.10. The number of rotatable bonds is 8. The fourth-order valence-electron chi connectivity index (χ4n) is 2.62. The first-order valence-electron chi connectivity index (χ1n) is 9.63. The Bertz CT molecular complexity index is 1150. The maximum atomic E-state index is 11.9. The summed E-state index contributed by atoms with van der Waals surface area (Å²) in [4.78, 5) is 23.4. The van der Waals surface area contributed by atoms with Gasteiger partial charge in [-0.05, 0) is 58.4 Å². The largest absolute Gasteiger partial charge is 0.490 e. The molecule has 1 saturated heterocycles. The van der Waals surface area contributed by atoms with E-state index < -0.39 is 11.9 Å². The number of carbonyl (C=O) groups excluding carboxylic acids is 2. The number of hydrogen-bond donors (Lipinski definition) is 1. The van der Waals surface area contributed by atoms with Crippen molar-refractivity contribution in [3.8, 4) is 11.5 Å². The minimum Gasteiger partial charge on any atom is -0.490 e. The van der Waals surface area contributed by atoms with E-state index in [-0.39, 0.29) is 16.7 Å². The van der Waals surface area contributed by atoms with Crippen LogP contribution in [0.5, 0.6) is 11.5 Å². The maximum Gasteiger partial charge on any atom is 0.331 e. The molecule has 1 amide bonds. The monoisotopic (exact) mass is 551 g/mol. The Morgan fingerprint density at radius 3 is 2.79 bits per heavy atom. The summed E-state index contributed by atoms with van der Waals surface area (Å²) in [5.41, 5.74) is 1.55. The highest BCUT2D eigenvalue weighted by Gasteiger charge is 2.25. The molecular weight excluding hydrogens is 534 g/mol.